The minimum Gasteiger partial charge on any atom is -0.444 e. The van der Waals surface area contributed by atoms with Crippen LogP contribution in [0, 0.1) is 0 Å². The smallest absolute Gasteiger partial charge is 0.425 e. The van der Waals surface area contributed by atoms with Gasteiger partial charge in [0.25, 0.3) is 0 Å². The maximum Gasteiger partial charge on any atom is 0.425 e. The lowest BCUT2D eigenvalue weighted by Gasteiger charge is -2.33. The molecule has 0 aliphatic carbocycles. The number of aldehydes is 1. The van der Waals surface area contributed by atoms with Crippen LogP contribution in [0.1, 0.15) is 25.1 Å². The summed E-state index contributed by atoms with van der Waals surface area (Å²) in [5, 5.41) is 1.41. The number of halogens is 1. The van der Waals surface area contributed by atoms with Crippen molar-refractivity contribution in [3.05, 3.63) is 59.1 Å². The molecule has 0 saturated carbocycles. The Morgan fingerprint density at radius 2 is 2.00 bits per heavy atom. The van der Waals surface area contributed by atoms with Gasteiger partial charge in [-0.05, 0) is 19.4 Å². The molecule has 132 valence electrons. The number of benzene rings is 1. The highest BCUT2D eigenvalue weighted by molar-refractivity contribution is 6.29. The van der Waals surface area contributed by atoms with Gasteiger partial charge in [-0.2, -0.15) is 0 Å². The lowest BCUT2D eigenvalue weighted by molar-refractivity contribution is -0.118. The number of carbonyl (C=O) groups is 2. The Morgan fingerprint density at radius 3 is 2.60 bits per heavy atom. The fraction of sp³-hybridized carbons (Fsp3) is 0.294. The second kappa shape index (κ2) is 8.55. The van der Waals surface area contributed by atoms with Gasteiger partial charge in [0.15, 0.2) is 0 Å². The van der Waals surface area contributed by atoms with Crippen LogP contribution in [-0.2, 0) is 22.7 Å². The maximum absolute atomic E-state index is 12.4. The first kappa shape index (κ1) is 18.8. The number of ether oxygens (including phenoxy) is 1. The molecule has 1 N–H and O–H groups in total. The van der Waals surface area contributed by atoms with Crippen LogP contribution in [0.4, 0.5) is 4.79 Å². The predicted octanol–water partition coefficient (Wildman–Crippen LogP) is 2.75. The van der Waals surface area contributed by atoms with Gasteiger partial charge in [-0.15, -0.1) is 0 Å². The molecule has 0 atom stereocenters. The van der Waals surface area contributed by atoms with Crippen LogP contribution in [-0.4, -0.2) is 32.9 Å². The number of hydrazine groups is 1. The molecular formula is C17H19ClN4O3. The highest BCUT2D eigenvalue weighted by atomic mass is 35.5. The van der Waals surface area contributed by atoms with Crippen LogP contribution in [0.25, 0.3) is 0 Å². The molecule has 2 aromatic rings. The first-order valence-electron chi connectivity index (χ1n) is 7.59. The molecule has 0 saturated heterocycles. The second-order valence-corrected chi connectivity index (χ2v) is 6.20. The number of rotatable bonds is 7. The topological polar surface area (TPSA) is 84.4 Å². The average Bonchev–Trinajstić information content (AvgIpc) is 2.62. The second-order valence-electron chi connectivity index (χ2n) is 5.81. The number of hydrogen-bond donors (Lipinski definition) is 1. The number of amides is 1. The molecule has 0 spiro atoms. The van der Waals surface area contributed by atoms with E-state index >= 15 is 0 Å². The van der Waals surface area contributed by atoms with Crippen LogP contribution < -0.4 is 5.43 Å². The molecule has 2 rings (SSSR count). The molecule has 0 bridgehead atoms. The lowest BCUT2D eigenvalue weighted by Crippen LogP contribution is -2.56. The summed E-state index contributed by atoms with van der Waals surface area (Å²) in [6.45, 7) is 3.49. The Balaban J connectivity index is 2.03. The quantitative estimate of drug-likeness (QED) is 0.602. The Hall–Kier alpha value is -2.51. The number of carbonyl (C=O) groups excluding carboxylic acids is 2. The molecule has 0 aliphatic heterocycles. The molecule has 0 aliphatic rings. The zero-order valence-electron chi connectivity index (χ0n) is 14.0. The lowest BCUT2D eigenvalue weighted by atomic mass is 10.1. The van der Waals surface area contributed by atoms with Crippen LogP contribution in [0.3, 0.4) is 0 Å². The molecule has 1 aromatic heterocycles. The number of nitrogens with zero attached hydrogens (tertiary/aromatic N) is 3. The van der Waals surface area contributed by atoms with Crippen molar-refractivity contribution in [3.63, 3.8) is 0 Å². The van der Waals surface area contributed by atoms with Gasteiger partial charge < -0.3 is 9.53 Å². The van der Waals surface area contributed by atoms with Crippen LogP contribution in [0.15, 0.2) is 42.7 Å². The van der Waals surface area contributed by atoms with E-state index in [0.29, 0.717) is 12.0 Å². The van der Waals surface area contributed by atoms with E-state index in [1.54, 1.807) is 13.8 Å². The van der Waals surface area contributed by atoms with Crippen molar-refractivity contribution in [2.45, 2.75) is 32.5 Å². The van der Waals surface area contributed by atoms with Crippen LogP contribution in [0.2, 0.25) is 5.15 Å². The van der Waals surface area contributed by atoms with Crippen molar-refractivity contribution < 1.29 is 14.3 Å². The van der Waals surface area contributed by atoms with Gasteiger partial charge in [-0.25, -0.2) is 20.2 Å². The van der Waals surface area contributed by atoms with Crippen LogP contribution in [0.5, 0.6) is 0 Å². The van der Waals surface area contributed by atoms with E-state index < -0.39 is 11.6 Å². The number of aromatic nitrogens is 2. The third-order valence-corrected chi connectivity index (χ3v) is 3.54. The Bertz CT molecular complexity index is 708. The molecule has 7 nitrogen and oxygen atoms in total. The summed E-state index contributed by atoms with van der Waals surface area (Å²) in [6, 6.07) is 9.28. The summed E-state index contributed by atoms with van der Waals surface area (Å²) < 4.78 is 5.29. The molecule has 0 radical (unpaired) electrons. The molecule has 1 aromatic carbocycles. The van der Waals surface area contributed by atoms with Gasteiger partial charge in [0.1, 0.15) is 23.6 Å². The van der Waals surface area contributed by atoms with Crippen molar-refractivity contribution in [1.29, 1.82) is 0 Å². The minimum absolute atomic E-state index is 0.105. The van der Waals surface area contributed by atoms with E-state index in [4.69, 9.17) is 16.3 Å². The molecule has 1 amide bonds. The molecule has 25 heavy (non-hydrogen) atoms. The molecule has 0 fully saturated rings. The summed E-state index contributed by atoms with van der Waals surface area (Å²) in [4.78, 5) is 31.8. The van der Waals surface area contributed by atoms with E-state index in [1.165, 1.54) is 12.4 Å². The van der Waals surface area contributed by atoms with Crippen molar-refractivity contribution >= 4 is 24.0 Å². The van der Waals surface area contributed by atoms with Gasteiger partial charge in [-0.1, -0.05) is 41.9 Å². The van der Waals surface area contributed by atoms with Gasteiger partial charge in [0.2, 0.25) is 0 Å². The van der Waals surface area contributed by atoms with Gasteiger partial charge in [0, 0.05) is 0 Å². The summed E-state index contributed by atoms with van der Waals surface area (Å²) in [5.41, 5.74) is 3.17. The zero-order chi connectivity index (χ0) is 18.3. The monoisotopic (exact) mass is 362 g/mol. The largest absolute Gasteiger partial charge is 0.444 e. The fourth-order valence-corrected chi connectivity index (χ4v) is 2.03. The van der Waals surface area contributed by atoms with Crippen LogP contribution >= 0.6 is 11.6 Å². The van der Waals surface area contributed by atoms with Gasteiger partial charge in [0.05, 0.1) is 24.6 Å². The average molecular weight is 363 g/mol. The number of nitrogens with one attached hydrogen (secondary N) is 1. The zero-order valence-corrected chi connectivity index (χ0v) is 14.7. The SMILES string of the molecule is CC(C)(C=O)N(NCc1cnc(Cl)cn1)C(=O)OCc1ccccc1. The minimum atomic E-state index is -1.10. The van der Waals surface area contributed by atoms with Crippen molar-refractivity contribution in [1.82, 2.24) is 20.4 Å². The molecule has 8 heteroatoms. The molecule has 1 heterocycles. The molecular weight excluding hydrogens is 344 g/mol. The van der Waals surface area contributed by atoms with Crippen molar-refractivity contribution in [2.24, 2.45) is 0 Å². The third-order valence-electron chi connectivity index (χ3n) is 3.34. The highest BCUT2D eigenvalue weighted by Gasteiger charge is 2.32. The fourth-order valence-electron chi connectivity index (χ4n) is 1.93. The summed E-state index contributed by atoms with van der Waals surface area (Å²) in [7, 11) is 0. The maximum atomic E-state index is 12.4. The third kappa shape index (κ3) is 5.51. The Morgan fingerprint density at radius 1 is 1.28 bits per heavy atom. The number of hydrogen-bond acceptors (Lipinski definition) is 6. The highest BCUT2D eigenvalue weighted by Crippen LogP contribution is 2.13. The van der Waals surface area contributed by atoms with E-state index in [1.807, 2.05) is 30.3 Å². The van der Waals surface area contributed by atoms with E-state index in [0.717, 1.165) is 10.6 Å². The Labute approximate surface area is 151 Å². The predicted molar refractivity (Wildman–Crippen MR) is 92.5 cm³/mol. The normalized spacial score (nSPS) is 11.0. The van der Waals surface area contributed by atoms with Gasteiger partial charge >= 0.3 is 6.09 Å². The Kier molecular flexibility index (Phi) is 6.44. The first-order chi connectivity index (χ1) is 11.9. The van der Waals surface area contributed by atoms with Gasteiger partial charge in [-0.3, -0.25) is 4.98 Å². The summed E-state index contributed by atoms with van der Waals surface area (Å²) in [5.74, 6) is 0. The standard InChI is InChI=1S/C17H19ClN4O3/c1-17(2,12-23)22(21-9-14-8-20-15(18)10-19-14)16(24)25-11-13-6-4-3-5-7-13/h3-8,10,12,21H,9,11H2,1-2H3. The first-order valence-corrected chi connectivity index (χ1v) is 7.97. The summed E-state index contributed by atoms with van der Waals surface area (Å²) in [6.07, 6.45) is 2.89. The molecule has 0 unspecified atom stereocenters. The summed E-state index contributed by atoms with van der Waals surface area (Å²) >= 11 is 5.69. The van der Waals surface area contributed by atoms with Crippen molar-refractivity contribution in [3.8, 4) is 0 Å². The van der Waals surface area contributed by atoms with E-state index in [-0.39, 0.29) is 18.3 Å². The van der Waals surface area contributed by atoms with E-state index in [2.05, 4.69) is 15.4 Å². The van der Waals surface area contributed by atoms with Crippen molar-refractivity contribution in [2.75, 3.05) is 0 Å². The van der Waals surface area contributed by atoms with E-state index in [9.17, 15) is 9.59 Å².